The quantitative estimate of drug-likeness (QED) is 0.713. The summed E-state index contributed by atoms with van der Waals surface area (Å²) in [5, 5.41) is 10.5. The van der Waals surface area contributed by atoms with Gasteiger partial charge in [-0.25, -0.2) is 0 Å². The van der Waals surface area contributed by atoms with E-state index in [-0.39, 0.29) is 0 Å². The normalized spacial score (nSPS) is 17.9. The second-order valence-corrected chi connectivity index (χ2v) is 8.41. The van der Waals surface area contributed by atoms with Gasteiger partial charge in [0.25, 0.3) is 0 Å². The second-order valence-electron chi connectivity index (χ2n) is 6.01. The van der Waals surface area contributed by atoms with E-state index in [1.54, 1.807) is 11.3 Å². The lowest BCUT2D eigenvalue weighted by Gasteiger charge is -2.22. The maximum atomic E-state index is 10.5. The van der Waals surface area contributed by atoms with E-state index in [2.05, 4.69) is 53.2 Å². The van der Waals surface area contributed by atoms with Crippen molar-refractivity contribution >= 4 is 27.3 Å². The first-order chi connectivity index (χ1) is 10.1. The highest BCUT2D eigenvalue weighted by Gasteiger charge is 2.17. The minimum atomic E-state index is -0.514. The number of benzene rings is 1. The molecule has 3 rings (SSSR count). The fraction of sp³-hybridized carbons (Fsp3) is 0.444. The number of aliphatic hydroxyl groups excluding tert-OH is 1. The topological polar surface area (TPSA) is 20.2 Å². The molecule has 1 aromatic carbocycles. The van der Waals surface area contributed by atoms with Crippen molar-refractivity contribution in [2.24, 2.45) is 0 Å². The van der Waals surface area contributed by atoms with Crippen LogP contribution in [0, 0.1) is 6.92 Å². The predicted molar refractivity (Wildman–Crippen MR) is 93.1 cm³/mol. The van der Waals surface area contributed by atoms with Crippen molar-refractivity contribution in [3.05, 3.63) is 55.7 Å². The van der Waals surface area contributed by atoms with Crippen LogP contribution in [0.2, 0.25) is 0 Å². The Kier molecular flexibility index (Phi) is 4.82. The Morgan fingerprint density at radius 2 is 1.81 bits per heavy atom. The first kappa shape index (κ1) is 15.3. The first-order valence-corrected chi connectivity index (χ1v) is 9.30. The fourth-order valence-electron chi connectivity index (χ4n) is 3.17. The van der Waals surface area contributed by atoms with E-state index in [9.17, 15) is 5.11 Å². The van der Waals surface area contributed by atoms with E-state index >= 15 is 0 Å². The Balaban J connectivity index is 1.76. The maximum Gasteiger partial charge on any atom is 0.113 e. The highest BCUT2D eigenvalue weighted by atomic mass is 79.9. The van der Waals surface area contributed by atoms with Gasteiger partial charge in [-0.1, -0.05) is 43.5 Å². The average molecular weight is 365 g/mol. The van der Waals surface area contributed by atoms with Crippen molar-refractivity contribution < 1.29 is 5.11 Å². The molecule has 1 nitrogen and oxygen atoms in total. The molecule has 3 heteroatoms. The van der Waals surface area contributed by atoms with Crippen molar-refractivity contribution in [2.45, 2.75) is 51.0 Å². The number of thiophene rings is 1. The Bertz CT molecular complexity index is 577. The lowest BCUT2D eigenvalue weighted by molar-refractivity contribution is 0.224. The summed E-state index contributed by atoms with van der Waals surface area (Å²) in [4.78, 5) is 1.00. The molecule has 2 aromatic rings. The summed E-state index contributed by atoms with van der Waals surface area (Å²) < 4.78 is 1.11. The molecule has 0 bridgehead atoms. The van der Waals surface area contributed by atoms with Crippen LogP contribution in [0.5, 0.6) is 0 Å². The Morgan fingerprint density at radius 3 is 2.38 bits per heavy atom. The molecule has 1 heterocycles. The number of hydrogen-bond acceptors (Lipinski definition) is 2. The second kappa shape index (κ2) is 6.64. The van der Waals surface area contributed by atoms with Crippen LogP contribution < -0.4 is 0 Å². The largest absolute Gasteiger partial charge is 0.383 e. The molecular formula is C18H21BrOS. The van der Waals surface area contributed by atoms with E-state index < -0.39 is 6.10 Å². The zero-order valence-corrected chi connectivity index (χ0v) is 14.7. The molecule has 0 amide bonds. The number of rotatable bonds is 3. The highest BCUT2D eigenvalue weighted by Crippen LogP contribution is 2.36. The lowest BCUT2D eigenvalue weighted by Crippen LogP contribution is -2.05. The molecule has 0 radical (unpaired) electrons. The summed E-state index contributed by atoms with van der Waals surface area (Å²) in [6.45, 7) is 2.06. The summed E-state index contributed by atoms with van der Waals surface area (Å²) in [5.41, 5.74) is 3.62. The van der Waals surface area contributed by atoms with Crippen LogP contribution >= 0.6 is 27.3 Å². The fourth-order valence-corrected chi connectivity index (χ4v) is 4.75. The van der Waals surface area contributed by atoms with Gasteiger partial charge in [0.1, 0.15) is 6.10 Å². The Labute approximate surface area is 139 Å². The van der Waals surface area contributed by atoms with Gasteiger partial charge in [-0.2, -0.15) is 0 Å². The van der Waals surface area contributed by atoms with Crippen LogP contribution in [0.1, 0.15) is 65.7 Å². The van der Waals surface area contributed by atoms with Gasteiger partial charge in [0, 0.05) is 4.88 Å². The van der Waals surface area contributed by atoms with E-state index in [0.717, 1.165) is 20.1 Å². The number of aliphatic hydroxyl groups is 1. The summed E-state index contributed by atoms with van der Waals surface area (Å²) in [5.74, 6) is 0.725. The third-order valence-electron chi connectivity index (χ3n) is 4.47. The van der Waals surface area contributed by atoms with Crippen LogP contribution in [0.25, 0.3) is 0 Å². The van der Waals surface area contributed by atoms with Gasteiger partial charge >= 0.3 is 0 Å². The van der Waals surface area contributed by atoms with E-state index in [1.165, 1.54) is 43.2 Å². The van der Waals surface area contributed by atoms with Crippen LogP contribution in [-0.2, 0) is 0 Å². The molecule has 1 atom stereocenters. The van der Waals surface area contributed by atoms with Crippen molar-refractivity contribution in [3.8, 4) is 0 Å². The van der Waals surface area contributed by atoms with Gasteiger partial charge in [0.2, 0.25) is 0 Å². The van der Waals surface area contributed by atoms with Crippen molar-refractivity contribution in [2.75, 3.05) is 0 Å². The number of aryl methyl sites for hydroxylation is 1. The predicted octanol–water partition coefficient (Wildman–Crippen LogP) is 5.95. The Hall–Kier alpha value is -0.640. The molecule has 112 valence electrons. The van der Waals surface area contributed by atoms with E-state index in [0.29, 0.717) is 0 Å². The number of hydrogen-bond donors (Lipinski definition) is 1. The Morgan fingerprint density at radius 1 is 1.14 bits per heavy atom. The molecule has 1 aliphatic carbocycles. The van der Waals surface area contributed by atoms with Crippen LogP contribution in [0.3, 0.4) is 0 Å². The molecule has 21 heavy (non-hydrogen) atoms. The molecule has 0 saturated heterocycles. The van der Waals surface area contributed by atoms with E-state index in [4.69, 9.17) is 0 Å². The van der Waals surface area contributed by atoms with Gasteiger partial charge in [0.15, 0.2) is 0 Å². The minimum absolute atomic E-state index is 0.514. The molecule has 1 unspecified atom stereocenters. The van der Waals surface area contributed by atoms with Crippen molar-refractivity contribution in [1.29, 1.82) is 0 Å². The molecule has 0 aliphatic heterocycles. The zero-order chi connectivity index (χ0) is 14.8. The van der Waals surface area contributed by atoms with Gasteiger partial charge in [-0.3, -0.25) is 0 Å². The third kappa shape index (κ3) is 3.41. The minimum Gasteiger partial charge on any atom is -0.383 e. The molecule has 1 saturated carbocycles. The standard InChI is InChI=1S/C18H21BrOS/c1-12-11-16(21-18(12)19)17(20)15-9-7-14(8-10-15)13-5-3-2-4-6-13/h7-11,13,17,20H,2-6H2,1H3. The van der Waals surface area contributed by atoms with Crippen LogP contribution in [0.4, 0.5) is 0 Å². The van der Waals surface area contributed by atoms with Crippen LogP contribution in [0.15, 0.2) is 34.1 Å². The summed E-state index contributed by atoms with van der Waals surface area (Å²) in [6.07, 6.45) is 6.23. The first-order valence-electron chi connectivity index (χ1n) is 7.69. The lowest BCUT2D eigenvalue weighted by atomic mass is 9.84. The van der Waals surface area contributed by atoms with Crippen molar-refractivity contribution in [3.63, 3.8) is 0 Å². The number of halogens is 1. The molecule has 0 spiro atoms. The smallest absolute Gasteiger partial charge is 0.113 e. The zero-order valence-electron chi connectivity index (χ0n) is 12.3. The molecule has 1 N–H and O–H groups in total. The van der Waals surface area contributed by atoms with Gasteiger partial charge < -0.3 is 5.11 Å². The molecular weight excluding hydrogens is 344 g/mol. The highest BCUT2D eigenvalue weighted by molar-refractivity contribution is 9.11. The molecule has 1 fully saturated rings. The van der Waals surface area contributed by atoms with Crippen molar-refractivity contribution in [1.82, 2.24) is 0 Å². The maximum absolute atomic E-state index is 10.5. The average Bonchev–Trinajstić information content (AvgIpc) is 2.87. The van der Waals surface area contributed by atoms with Crippen LogP contribution in [-0.4, -0.2) is 5.11 Å². The summed E-state index contributed by atoms with van der Waals surface area (Å²) in [7, 11) is 0. The summed E-state index contributed by atoms with van der Waals surface area (Å²) >= 11 is 5.14. The SMILES string of the molecule is Cc1cc(C(O)c2ccc(C3CCCCC3)cc2)sc1Br. The third-order valence-corrected chi connectivity index (χ3v) is 6.66. The summed E-state index contributed by atoms with van der Waals surface area (Å²) in [6, 6.07) is 10.7. The monoisotopic (exact) mass is 364 g/mol. The van der Waals surface area contributed by atoms with Gasteiger partial charge in [0.05, 0.1) is 3.79 Å². The van der Waals surface area contributed by atoms with Gasteiger partial charge in [-0.05, 0) is 64.4 Å². The van der Waals surface area contributed by atoms with E-state index in [1.807, 2.05) is 0 Å². The van der Waals surface area contributed by atoms with Gasteiger partial charge in [-0.15, -0.1) is 11.3 Å². The molecule has 1 aromatic heterocycles. The molecule has 1 aliphatic rings.